The standard InChI is InChI=1S/C14H7ClN2O4/c15-10-3-6-13(17(19)20)12(7-10)14(18)21-11-4-1-9(8-16)2-5-11/h1-7H. The Hall–Kier alpha value is -2.91. The molecule has 21 heavy (non-hydrogen) atoms. The molecule has 0 spiro atoms. The van der Waals surface area contributed by atoms with E-state index in [2.05, 4.69) is 0 Å². The van der Waals surface area contributed by atoms with Crippen LogP contribution >= 0.6 is 11.6 Å². The van der Waals surface area contributed by atoms with Crippen molar-refractivity contribution in [2.75, 3.05) is 0 Å². The summed E-state index contributed by atoms with van der Waals surface area (Å²) in [5.74, 6) is -0.720. The van der Waals surface area contributed by atoms with E-state index in [1.54, 1.807) is 0 Å². The lowest BCUT2D eigenvalue weighted by molar-refractivity contribution is -0.385. The first-order chi connectivity index (χ1) is 10.0. The topological polar surface area (TPSA) is 93.2 Å². The molecule has 0 bridgehead atoms. The highest BCUT2D eigenvalue weighted by Crippen LogP contribution is 2.24. The van der Waals surface area contributed by atoms with Crippen molar-refractivity contribution >= 4 is 23.3 Å². The van der Waals surface area contributed by atoms with Gasteiger partial charge in [0.15, 0.2) is 0 Å². The van der Waals surface area contributed by atoms with E-state index in [1.165, 1.54) is 36.4 Å². The molecule has 0 aliphatic heterocycles. The Bertz CT molecular complexity index is 751. The first-order valence-electron chi connectivity index (χ1n) is 5.67. The van der Waals surface area contributed by atoms with Crippen LogP contribution in [0.15, 0.2) is 42.5 Å². The molecular formula is C14H7ClN2O4. The van der Waals surface area contributed by atoms with Crippen molar-refractivity contribution in [1.82, 2.24) is 0 Å². The van der Waals surface area contributed by atoms with E-state index in [9.17, 15) is 14.9 Å². The minimum Gasteiger partial charge on any atom is -0.423 e. The summed E-state index contributed by atoms with van der Waals surface area (Å²) in [4.78, 5) is 22.2. The van der Waals surface area contributed by atoms with Crippen LogP contribution in [0.2, 0.25) is 5.02 Å². The van der Waals surface area contributed by atoms with E-state index in [0.29, 0.717) is 5.56 Å². The van der Waals surface area contributed by atoms with Crippen LogP contribution in [0.3, 0.4) is 0 Å². The quantitative estimate of drug-likeness (QED) is 0.375. The van der Waals surface area contributed by atoms with Crippen LogP contribution in [0.1, 0.15) is 15.9 Å². The number of nitriles is 1. The number of ether oxygens (including phenoxy) is 1. The zero-order chi connectivity index (χ0) is 15.4. The van der Waals surface area contributed by atoms with Gasteiger partial charge in [-0.1, -0.05) is 11.6 Å². The molecule has 2 rings (SSSR count). The molecule has 2 aromatic carbocycles. The highest BCUT2D eigenvalue weighted by Gasteiger charge is 2.22. The van der Waals surface area contributed by atoms with E-state index in [4.69, 9.17) is 21.6 Å². The van der Waals surface area contributed by atoms with Gasteiger partial charge in [0, 0.05) is 11.1 Å². The van der Waals surface area contributed by atoms with Gasteiger partial charge < -0.3 is 4.74 Å². The maximum absolute atomic E-state index is 12.0. The summed E-state index contributed by atoms with van der Waals surface area (Å²) in [6, 6.07) is 11.3. The number of hydrogen-bond donors (Lipinski definition) is 0. The summed E-state index contributed by atoms with van der Waals surface area (Å²) in [5.41, 5.74) is -0.224. The third-order valence-electron chi connectivity index (χ3n) is 2.57. The van der Waals surface area contributed by atoms with Gasteiger partial charge in [-0.05, 0) is 36.4 Å². The lowest BCUT2D eigenvalue weighted by atomic mass is 10.2. The third-order valence-corrected chi connectivity index (χ3v) is 2.80. The molecule has 0 atom stereocenters. The van der Waals surface area contributed by atoms with Crippen molar-refractivity contribution in [3.8, 4) is 11.8 Å². The summed E-state index contributed by atoms with van der Waals surface area (Å²) >= 11 is 5.74. The average Bonchev–Trinajstić information content (AvgIpc) is 2.47. The van der Waals surface area contributed by atoms with E-state index in [-0.39, 0.29) is 16.3 Å². The van der Waals surface area contributed by atoms with Crippen molar-refractivity contribution in [2.24, 2.45) is 0 Å². The van der Waals surface area contributed by atoms with Crippen LogP contribution in [-0.4, -0.2) is 10.9 Å². The van der Waals surface area contributed by atoms with E-state index in [1.807, 2.05) is 6.07 Å². The third kappa shape index (κ3) is 3.35. The number of benzene rings is 2. The first kappa shape index (κ1) is 14.5. The smallest absolute Gasteiger partial charge is 0.350 e. The summed E-state index contributed by atoms with van der Waals surface area (Å²) in [6.07, 6.45) is 0. The minimum atomic E-state index is -0.895. The molecule has 0 unspecified atom stereocenters. The molecule has 7 heteroatoms. The predicted octanol–water partition coefficient (Wildman–Crippen LogP) is 3.34. The van der Waals surface area contributed by atoms with Crippen LogP contribution in [0.5, 0.6) is 5.75 Å². The number of halogens is 1. The van der Waals surface area contributed by atoms with Crippen molar-refractivity contribution < 1.29 is 14.5 Å². The number of nitro benzene ring substituents is 1. The molecular weight excluding hydrogens is 296 g/mol. The number of hydrogen-bond acceptors (Lipinski definition) is 5. The molecule has 2 aromatic rings. The fourth-order valence-corrected chi connectivity index (χ4v) is 1.76. The largest absolute Gasteiger partial charge is 0.423 e. The summed E-state index contributed by atoms with van der Waals surface area (Å²) in [6.45, 7) is 0. The Morgan fingerprint density at radius 2 is 1.90 bits per heavy atom. The van der Waals surface area contributed by atoms with E-state index < -0.39 is 16.6 Å². The Labute approximate surface area is 124 Å². The number of carbonyl (C=O) groups excluding carboxylic acids is 1. The summed E-state index contributed by atoms with van der Waals surface area (Å²) in [7, 11) is 0. The van der Waals surface area contributed by atoms with Gasteiger partial charge in [0.25, 0.3) is 5.69 Å². The maximum Gasteiger partial charge on any atom is 0.350 e. The normalized spacial score (nSPS) is 9.71. The number of nitro groups is 1. The van der Waals surface area contributed by atoms with Gasteiger partial charge in [-0.2, -0.15) is 5.26 Å². The minimum absolute atomic E-state index is 0.174. The predicted molar refractivity (Wildman–Crippen MR) is 74.2 cm³/mol. The van der Waals surface area contributed by atoms with Gasteiger partial charge in [0.1, 0.15) is 11.3 Å². The van der Waals surface area contributed by atoms with Crippen molar-refractivity contribution in [2.45, 2.75) is 0 Å². The van der Waals surface area contributed by atoms with Gasteiger partial charge in [0.2, 0.25) is 0 Å². The lowest BCUT2D eigenvalue weighted by Crippen LogP contribution is -2.11. The molecule has 0 heterocycles. The Morgan fingerprint density at radius 1 is 1.24 bits per heavy atom. The maximum atomic E-state index is 12.0. The molecule has 0 fully saturated rings. The highest BCUT2D eigenvalue weighted by molar-refractivity contribution is 6.31. The molecule has 0 amide bonds. The number of nitrogens with zero attached hydrogens (tertiary/aromatic N) is 2. The molecule has 6 nitrogen and oxygen atoms in total. The molecule has 0 aliphatic carbocycles. The van der Waals surface area contributed by atoms with Crippen molar-refractivity contribution in [3.63, 3.8) is 0 Å². The number of rotatable bonds is 3. The monoisotopic (exact) mass is 302 g/mol. The highest BCUT2D eigenvalue weighted by atomic mass is 35.5. The molecule has 0 N–H and O–H groups in total. The van der Waals surface area contributed by atoms with Crippen LogP contribution in [0, 0.1) is 21.4 Å². The second kappa shape index (κ2) is 6.03. The van der Waals surface area contributed by atoms with Crippen LogP contribution in [-0.2, 0) is 0 Å². The summed E-state index contributed by atoms with van der Waals surface area (Å²) < 4.78 is 5.03. The lowest BCUT2D eigenvalue weighted by Gasteiger charge is -2.05. The van der Waals surface area contributed by atoms with Crippen molar-refractivity contribution in [3.05, 3.63) is 68.7 Å². The SMILES string of the molecule is N#Cc1ccc(OC(=O)c2cc(Cl)ccc2[N+](=O)[O-])cc1. The van der Waals surface area contributed by atoms with Gasteiger partial charge in [-0.3, -0.25) is 10.1 Å². The number of esters is 1. The van der Waals surface area contributed by atoms with E-state index >= 15 is 0 Å². The second-order valence-electron chi connectivity index (χ2n) is 3.94. The first-order valence-corrected chi connectivity index (χ1v) is 6.05. The fraction of sp³-hybridized carbons (Fsp3) is 0. The molecule has 0 radical (unpaired) electrons. The van der Waals surface area contributed by atoms with Gasteiger partial charge in [-0.15, -0.1) is 0 Å². The molecule has 0 saturated heterocycles. The number of carbonyl (C=O) groups is 1. The van der Waals surface area contributed by atoms with Gasteiger partial charge >= 0.3 is 5.97 Å². The zero-order valence-corrected chi connectivity index (χ0v) is 11.2. The van der Waals surface area contributed by atoms with Gasteiger partial charge in [-0.25, -0.2) is 4.79 Å². The Morgan fingerprint density at radius 3 is 2.48 bits per heavy atom. The Balaban J connectivity index is 2.29. The van der Waals surface area contributed by atoms with Crippen LogP contribution in [0.25, 0.3) is 0 Å². The average molecular weight is 303 g/mol. The van der Waals surface area contributed by atoms with Crippen LogP contribution in [0.4, 0.5) is 5.69 Å². The van der Waals surface area contributed by atoms with Crippen LogP contribution < -0.4 is 4.74 Å². The van der Waals surface area contributed by atoms with Crippen molar-refractivity contribution in [1.29, 1.82) is 5.26 Å². The summed E-state index contributed by atoms with van der Waals surface area (Å²) in [5, 5.41) is 19.7. The Kier molecular flexibility index (Phi) is 4.16. The molecule has 104 valence electrons. The second-order valence-corrected chi connectivity index (χ2v) is 4.38. The molecule has 0 aromatic heterocycles. The molecule has 0 aliphatic rings. The fourth-order valence-electron chi connectivity index (χ4n) is 1.59. The van der Waals surface area contributed by atoms with Gasteiger partial charge in [0.05, 0.1) is 16.6 Å². The molecule has 0 saturated carbocycles. The van der Waals surface area contributed by atoms with E-state index in [0.717, 1.165) is 6.07 Å². The zero-order valence-electron chi connectivity index (χ0n) is 10.4.